The van der Waals surface area contributed by atoms with E-state index in [9.17, 15) is 0 Å². The lowest BCUT2D eigenvalue weighted by atomic mass is 9.88. The van der Waals surface area contributed by atoms with Crippen molar-refractivity contribution in [1.82, 2.24) is 5.32 Å². The Labute approximate surface area is 186 Å². The average Bonchev–Trinajstić information content (AvgIpc) is 2.80. The zero-order valence-corrected chi connectivity index (χ0v) is 18.9. The van der Waals surface area contributed by atoms with Gasteiger partial charge in [-0.25, -0.2) is 0 Å². The summed E-state index contributed by atoms with van der Waals surface area (Å²) >= 11 is 0. The maximum absolute atomic E-state index is 5.82. The van der Waals surface area contributed by atoms with Crippen molar-refractivity contribution in [2.24, 2.45) is 0 Å². The second-order valence-electron chi connectivity index (χ2n) is 7.84. The summed E-state index contributed by atoms with van der Waals surface area (Å²) in [7, 11) is 3.42. The predicted octanol–water partition coefficient (Wildman–Crippen LogP) is 5.80. The lowest BCUT2D eigenvalue weighted by Crippen LogP contribution is -2.18. The maximum atomic E-state index is 5.82. The van der Waals surface area contributed by atoms with Crippen LogP contribution in [-0.4, -0.2) is 26.9 Å². The Kier molecular flexibility index (Phi) is 8.36. The first kappa shape index (κ1) is 22.7. The molecule has 0 saturated carbocycles. The van der Waals surface area contributed by atoms with Gasteiger partial charge in [-0.2, -0.15) is 0 Å². The minimum Gasteiger partial charge on any atom is -0.497 e. The zero-order valence-electron chi connectivity index (χ0n) is 18.9. The van der Waals surface area contributed by atoms with Crippen molar-refractivity contribution in [1.29, 1.82) is 0 Å². The van der Waals surface area contributed by atoms with E-state index in [0.29, 0.717) is 0 Å². The minimum absolute atomic E-state index is 0.165. The topological polar surface area (TPSA) is 39.7 Å². The molecule has 3 rings (SSSR count). The highest BCUT2D eigenvalue weighted by atomic mass is 16.5. The van der Waals surface area contributed by atoms with E-state index in [0.717, 1.165) is 36.8 Å². The molecular formula is C27H33NO3. The highest BCUT2D eigenvalue weighted by molar-refractivity contribution is 5.43. The number of methoxy groups -OCH3 is 2. The van der Waals surface area contributed by atoms with Crippen LogP contribution in [0.25, 0.3) is 0 Å². The summed E-state index contributed by atoms with van der Waals surface area (Å²) < 4.78 is 16.7. The van der Waals surface area contributed by atoms with Crippen molar-refractivity contribution >= 4 is 0 Å². The molecule has 0 spiro atoms. The largest absolute Gasteiger partial charge is 0.497 e. The van der Waals surface area contributed by atoms with Gasteiger partial charge in [0.05, 0.1) is 20.3 Å². The molecule has 0 unspecified atom stereocenters. The highest BCUT2D eigenvalue weighted by Crippen LogP contribution is 2.35. The molecule has 31 heavy (non-hydrogen) atoms. The fraction of sp³-hybridized carbons (Fsp3) is 0.333. The van der Waals surface area contributed by atoms with E-state index in [-0.39, 0.29) is 12.0 Å². The van der Waals surface area contributed by atoms with Crippen molar-refractivity contribution in [3.05, 3.63) is 89.5 Å². The van der Waals surface area contributed by atoms with Crippen LogP contribution in [0.15, 0.2) is 72.8 Å². The fourth-order valence-electron chi connectivity index (χ4n) is 3.73. The van der Waals surface area contributed by atoms with Gasteiger partial charge in [-0.05, 0) is 68.3 Å². The van der Waals surface area contributed by atoms with Gasteiger partial charge in [0, 0.05) is 18.0 Å². The normalized spacial score (nSPS) is 11.9. The van der Waals surface area contributed by atoms with Gasteiger partial charge >= 0.3 is 0 Å². The van der Waals surface area contributed by atoms with Gasteiger partial charge in [-0.15, -0.1) is 0 Å². The SMILES string of the molecule is COc1ccc(CNCC[C@H](c2ccc(OC(C)C)cc2)c2ccccc2OC)cc1. The third-order valence-electron chi connectivity index (χ3n) is 5.27. The quantitative estimate of drug-likeness (QED) is 0.399. The number of hydrogen-bond donors (Lipinski definition) is 1. The van der Waals surface area contributed by atoms with Gasteiger partial charge in [-0.1, -0.05) is 42.5 Å². The second kappa shape index (κ2) is 11.4. The highest BCUT2D eigenvalue weighted by Gasteiger charge is 2.18. The lowest BCUT2D eigenvalue weighted by Gasteiger charge is -2.21. The maximum Gasteiger partial charge on any atom is 0.122 e. The first-order valence-corrected chi connectivity index (χ1v) is 10.8. The second-order valence-corrected chi connectivity index (χ2v) is 7.84. The van der Waals surface area contributed by atoms with E-state index in [1.165, 1.54) is 16.7 Å². The summed E-state index contributed by atoms with van der Waals surface area (Å²) in [5, 5.41) is 3.58. The van der Waals surface area contributed by atoms with Crippen molar-refractivity contribution in [3.63, 3.8) is 0 Å². The van der Waals surface area contributed by atoms with Gasteiger partial charge in [0.1, 0.15) is 17.2 Å². The van der Waals surface area contributed by atoms with Gasteiger partial charge in [0.15, 0.2) is 0 Å². The summed E-state index contributed by atoms with van der Waals surface area (Å²) in [6.45, 7) is 5.79. The molecule has 3 aromatic rings. The average molecular weight is 420 g/mol. The van der Waals surface area contributed by atoms with E-state index in [4.69, 9.17) is 14.2 Å². The standard InChI is InChI=1S/C27H33NO3/c1-20(2)31-24-15-11-22(12-16-24)25(26-7-5-6-8-27(26)30-4)17-18-28-19-21-9-13-23(29-3)14-10-21/h5-16,20,25,28H,17-19H2,1-4H3/t25-/m1/s1. The summed E-state index contributed by atoms with van der Waals surface area (Å²) in [5.74, 6) is 2.93. The smallest absolute Gasteiger partial charge is 0.122 e. The Morgan fingerprint density at radius 3 is 2.10 bits per heavy atom. The van der Waals surface area contributed by atoms with Crippen molar-refractivity contribution in [2.75, 3.05) is 20.8 Å². The van der Waals surface area contributed by atoms with Crippen LogP contribution in [0.5, 0.6) is 17.2 Å². The number of benzene rings is 3. The Hall–Kier alpha value is -2.98. The fourth-order valence-corrected chi connectivity index (χ4v) is 3.73. The summed E-state index contributed by atoms with van der Waals surface area (Å²) in [6.07, 6.45) is 1.12. The van der Waals surface area contributed by atoms with Crippen LogP contribution in [0, 0.1) is 0 Å². The molecule has 0 bridgehead atoms. The van der Waals surface area contributed by atoms with Gasteiger partial charge in [-0.3, -0.25) is 0 Å². The number of hydrogen-bond acceptors (Lipinski definition) is 4. The van der Waals surface area contributed by atoms with Crippen molar-refractivity contribution in [2.45, 2.75) is 38.8 Å². The van der Waals surface area contributed by atoms with Crippen LogP contribution in [0.3, 0.4) is 0 Å². The Bertz CT molecular complexity index is 920. The van der Waals surface area contributed by atoms with Crippen molar-refractivity contribution in [3.8, 4) is 17.2 Å². The van der Waals surface area contributed by atoms with Crippen LogP contribution in [0.2, 0.25) is 0 Å². The Morgan fingerprint density at radius 2 is 1.45 bits per heavy atom. The summed E-state index contributed by atoms with van der Waals surface area (Å²) in [6, 6.07) is 24.9. The van der Waals surface area contributed by atoms with Crippen LogP contribution in [0.4, 0.5) is 0 Å². The van der Waals surface area contributed by atoms with Crippen LogP contribution in [0.1, 0.15) is 42.9 Å². The number of rotatable bonds is 11. The minimum atomic E-state index is 0.165. The molecule has 0 aromatic heterocycles. The summed E-state index contributed by atoms with van der Waals surface area (Å²) in [5.41, 5.74) is 3.70. The molecule has 0 radical (unpaired) electrons. The third kappa shape index (κ3) is 6.50. The molecule has 3 aromatic carbocycles. The molecule has 164 valence electrons. The number of ether oxygens (including phenoxy) is 3. The Balaban J connectivity index is 1.71. The number of nitrogens with one attached hydrogen (secondary N) is 1. The molecule has 0 aliphatic rings. The molecule has 1 atom stereocenters. The van der Waals surface area contributed by atoms with Gasteiger partial charge in [0.2, 0.25) is 0 Å². The molecule has 4 nitrogen and oxygen atoms in total. The molecular weight excluding hydrogens is 386 g/mol. The van der Waals surface area contributed by atoms with Gasteiger partial charge in [0.25, 0.3) is 0 Å². The lowest BCUT2D eigenvalue weighted by molar-refractivity contribution is 0.242. The Morgan fingerprint density at radius 1 is 0.774 bits per heavy atom. The summed E-state index contributed by atoms with van der Waals surface area (Å²) in [4.78, 5) is 0. The molecule has 4 heteroatoms. The molecule has 0 heterocycles. The third-order valence-corrected chi connectivity index (χ3v) is 5.27. The monoisotopic (exact) mass is 419 g/mol. The zero-order chi connectivity index (χ0) is 22.1. The molecule has 0 aliphatic heterocycles. The predicted molar refractivity (Wildman–Crippen MR) is 126 cm³/mol. The van der Waals surface area contributed by atoms with Crippen molar-refractivity contribution < 1.29 is 14.2 Å². The number of para-hydroxylation sites is 1. The van der Waals surface area contributed by atoms with Crippen LogP contribution in [-0.2, 0) is 6.54 Å². The first-order valence-electron chi connectivity index (χ1n) is 10.8. The molecule has 0 fully saturated rings. The molecule has 0 aliphatic carbocycles. The van der Waals surface area contributed by atoms with Crippen LogP contribution >= 0.6 is 0 Å². The molecule has 0 saturated heterocycles. The first-order chi connectivity index (χ1) is 15.1. The van der Waals surface area contributed by atoms with E-state index in [1.54, 1.807) is 14.2 Å². The van der Waals surface area contributed by atoms with Gasteiger partial charge < -0.3 is 19.5 Å². The molecule has 1 N–H and O–H groups in total. The van der Waals surface area contributed by atoms with E-state index in [1.807, 2.05) is 38.1 Å². The van der Waals surface area contributed by atoms with E-state index >= 15 is 0 Å². The molecule has 0 amide bonds. The van der Waals surface area contributed by atoms with E-state index in [2.05, 4.69) is 53.8 Å². The van der Waals surface area contributed by atoms with E-state index < -0.39 is 0 Å². The van der Waals surface area contributed by atoms with Crippen LogP contribution < -0.4 is 19.5 Å².